The third kappa shape index (κ3) is 2.61. The van der Waals surface area contributed by atoms with Crippen molar-refractivity contribution in [1.29, 1.82) is 0 Å². The van der Waals surface area contributed by atoms with Gasteiger partial charge in [-0.05, 0) is 37.1 Å². The lowest BCUT2D eigenvalue weighted by Gasteiger charge is -2.48. The molecule has 0 N–H and O–H groups in total. The molecule has 4 aliphatic rings. The Bertz CT molecular complexity index is 1430. The van der Waals surface area contributed by atoms with Crippen LogP contribution in [-0.4, -0.2) is 28.8 Å². The molecule has 1 saturated heterocycles. The summed E-state index contributed by atoms with van der Waals surface area (Å²) in [7, 11) is 0. The first kappa shape index (κ1) is 22.2. The van der Waals surface area contributed by atoms with Gasteiger partial charge in [-0.3, -0.25) is 19.7 Å². The Kier molecular flexibility index (Phi) is 4.67. The van der Waals surface area contributed by atoms with Crippen molar-refractivity contribution in [3.63, 3.8) is 0 Å². The maximum Gasteiger partial charge on any atom is 0.340 e. The average molecular weight is 482 g/mol. The predicted octanol–water partition coefficient (Wildman–Crippen LogP) is 4.04. The van der Waals surface area contributed by atoms with Crippen LogP contribution in [0.4, 0.5) is 5.69 Å². The van der Waals surface area contributed by atoms with Crippen LogP contribution < -0.4 is 4.90 Å². The first-order valence-corrected chi connectivity index (χ1v) is 11.8. The molecule has 2 atom stereocenters. The van der Waals surface area contributed by atoms with Crippen LogP contribution in [0.3, 0.4) is 0 Å². The molecule has 36 heavy (non-hydrogen) atoms. The van der Waals surface area contributed by atoms with Gasteiger partial charge in [-0.1, -0.05) is 60.7 Å². The molecule has 0 radical (unpaired) electrons. The largest absolute Gasteiger partial charge is 0.459 e. The lowest BCUT2D eigenvalue weighted by molar-refractivity contribution is -0.578. The number of nitrogens with zero attached hydrogens (tertiary/aromatic N) is 2. The molecule has 0 spiro atoms. The van der Waals surface area contributed by atoms with Crippen molar-refractivity contribution in [2.45, 2.75) is 31.4 Å². The highest BCUT2D eigenvalue weighted by Crippen LogP contribution is 2.64. The normalized spacial score (nSPS) is 25.4. The molecule has 2 amide bonds. The summed E-state index contributed by atoms with van der Waals surface area (Å²) in [5, 5.41) is 13.0. The summed E-state index contributed by atoms with van der Waals surface area (Å²) in [4.78, 5) is 54.6. The van der Waals surface area contributed by atoms with E-state index >= 15 is 0 Å². The van der Waals surface area contributed by atoms with E-state index < -0.39 is 52.1 Å². The molecule has 0 unspecified atom stereocenters. The monoisotopic (exact) mass is 482 g/mol. The second kappa shape index (κ2) is 7.58. The van der Waals surface area contributed by atoms with Crippen molar-refractivity contribution in [2.24, 2.45) is 11.8 Å². The molecule has 3 aliphatic carbocycles. The number of para-hydroxylation sites is 1. The third-order valence-electron chi connectivity index (χ3n) is 7.57. The van der Waals surface area contributed by atoms with Crippen molar-refractivity contribution in [1.82, 2.24) is 0 Å². The van der Waals surface area contributed by atoms with Crippen molar-refractivity contribution in [3.8, 4) is 0 Å². The average Bonchev–Trinajstić information content (AvgIpc) is 3.14. The molecular formula is C28H22N2O6. The van der Waals surface area contributed by atoms with Crippen LogP contribution in [0.1, 0.15) is 52.4 Å². The minimum atomic E-state index is -1.92. The van der Waals surface area contributed by atoms with Crippen molar-refractivity contribution in [3.05, 3.63) is 111 Å². The maximum atomic E-state index is 14.1. The Balaban J connectivity index is 1.59. The molecule has 2 bridgehead atoms. The van der Waals surface area contributed by atoms with Crippen molar-refractivity contribution >= 4 is 23.5 Å². The SMILES string of the molecule is CC(C)OC(=O)c1ccccc1N1C(=O)[C@@H]2C3c4ccccc4C([N+](=O)[O-])(c4ccccc43)[C@@H]2C1=O. The minimum Gasteiger partial charge on any atom is -0.459 e. The Morgan fingerprint density at radius 1 is 0.917 bits per heavy atom. The molecule has 1 fully saturated rings. The van der Waals surface area contributed by atoms with Crippen LogP contribution >= 0.6 is 0 Å². The van der Waals surface area contributed by atoms with Gasteiger partial charge in [0.05, 0.1) is 23.3 Å². The molecule has 8 heteroatoms. The topological polar surface area (TPSA) is 107 Å². The number of carbonyl (C=O) groups is 3. The number of imide groups is 1. The van der Waals surface area contributed by atoms with Gasteiger partial charge in [0.1, 0.15) is 5.92 Å². The van der Waals surface area contributed by atoms with E-state index in [4.69, 9.17) is 4.74 Å². The highest BCUT2D eigenvalue weighted by molar-refractivity contribution is 6.25. The first-order valence-electron chi connectivity index (χ1n) is 11.8. The summed E-state index contributed by atoms with van der Waals surface area (Å²) in [5.41, 5.74) is 0.476. The van der Waals surface area contributed by atoms with E-state index in [9.17, 15) is 24.5 Å². The highest BCUT2D eigenvalue weighted by atomic mass is 16.6. The lowest BCUT2D eigenvalue weighted by Crippen LogP contribution is -2.57. The maximum absolute atomic E-state index is 14.1. The lowest BCUT2D eigenvalue weighted by atomic mass is 9.51. The molecule has 8 nitrogen and oxygen atoms in total. The predicted molar refractivity (Wildman–Crippen MR) is 129 cm³/mol. The second-order valence-electron chi connectivity index (χ2n) is 9.66. The Morgan fingerprint density at radius 3 is 2.06 bits per heavy atom. The number of rotatable bonds is 4. The van der Waals surface area contributed by atoms with Gasteiger partial charge in [-0.25, -0.2) is 9.69 Å². The molecule has 0 aromatic heterocycles. The van der Waals surface area contributed by atoms with E-state index in [1.165, 1.54) is 12.1 Å². The standard InChI is InChI=1S/C28H22N2O6/c1-15(2)36-27(33)18-11-5-8-14-21(18)29-25(31)23-22-16-9-3-6-12-19(16)28(30(34)35,24(23)26(29)32)20-13-7-4-10-17(20)22/h3-15,22-24H,1-2H3/t22?,23-,24+,28?/m1/s1. The van der Waals surface area contributed by atoms with Gasteiger partial charge in [0.15, 0.2) is 0 Å². The van der Waals surface area contributed by atoms with E-state index in [2.05, 4.69) is 0 Å². The number of benzene rings is 3. The fourth-order valence-electron chi connectivity index (χ4n) is 6.40. The molecule has 0 saturated carbocycles. The zero-order chi connectivity index (χ0) is 25.4. The van der Waals surface area contributed by atoms with Gasteiger partial charge in [0, 0.05) is 22.0 Å². The molecule has 1 heterocycles. The van der Waals surface area contributed by atoms with Crippen LogP contribution in [0.2, 0.25) is 0 Å². The van der Waals surface area contributed by atoms with Gasteiger partial charge >= 0.3 is 5.97 Å². The smallest absolute Gasteiger partial charge is 0.340 e. The van der Waals surface area contributed by atoms with Crippen molar-refractivity contribution in [2.75, 3.05) is 4.90 Å². The zero-order valence-electron chi connectivity index (χ0n) is 19.6. The van der Waals surface area contributed by atoms with Gasteiger partial charge < -0.3 is 4.74 Å². The number of amides is 2. The zero-order valence-corrected chi connectivity index (χ0v) is 19.6. The van der Waals surface area contributed by atoms with Crippen LogP contribution in [0.5, 0.6) is 0 Å². The van der Waals surface area contributed by atoms with Gasteiger partial charge in [0.2, 0.25) is 11.8 Å². The van der Waals surface area contributed by atoms with Crippen LogP contribution in [-0.2, 0) is 19.9 Å². The number of anilines is 1. The fraction of sp³-hybridized carbons (Fsp3) is 0.250. The van der Waals surface area contributed by atoms with Crippen molar-refractivity contribution < 1.29 is 24.0 Å². The van der Waals surface area contributed by atoms with E-state index in [0.29, 0.717) is 22.3 Å². The van der Waals surface area contributed by atoms with Crippen LogP contribution in [0.25, 0.3) is 0 Å². The Morgan fingerprint density at radius 2 is 1.47 bits per heavy atom. The fourth-order valence-corrected chi connectivity index (χ4v) is 6.40. The van der Waals surface area contributed by atoms with E-state index in [0.717, 1.165) is 4.90 Å². The number of hydrogen-bond donors (Lipinski definition) is 0. The third-order valence-corrected chi connectivity index (χ3v) is 7.57. The summed E-state index contributed by atoms with van der Waals surface area (Å²) in [5.74, 6) is -4.63. The van der Waals surface area contributed by atoms with E-state index in [1.54, 1.807) is 74.5 Å². The Labute approximate surface area is 206 Å². The van der Waals surface area contributed by atoms with Crippen LogP contribution in [0.15, 0.2) is 72.8 Å². The van der Waals surface area contributed by atoms with E-state index in [1.807, 2.05) is 0 Å². The van der Waals surface area contributed by atoms with Gasteiger partial charge in [-0.2, -0.15) is 0 Å². The summed E-state index contributed by atoms with van der Waals surface area (Å²) in [6.45, 7) is 3.41. The number of esters is 1. The van der Waals surface area contributed by atoms with Crippen LogP contribution in [0, 0.1) is 22.0 Å². The molecular weight excluding hydrogens is 460 g/mol. The summed E-state index contributed by atoms with van der Waals surface area (Å²) in [6, 6.07) is 20.2. The summed E-state index contributed by atoms with van der Waals surface area (Å²) < 4.78 is 5.34. The Hall–Kier alpha value is -4.33. The van der Waals surface area contributed by atoms with Gasteiger partial charge in [0.25, 0.3) is 5.54 Å². The number of nitro groups is 1. The summed E-state index contributed by atoms with van der Waals surface area (Å²) >= 11 is 0. The second-order valence-corrected chi connectivity index (χ2v) is 9.66. The quantitative estimate of drug-likeness (QED) is 0.240. The minimum absolute atomic E-state index is 0.0593. The number of carbonyl (C=O) groups excluding carboxylic acids is 3. The summed E-state index contributed by atoms with van der Waals surface area (Å²) in [6.07, 6.45) is -0.407. The number of ether oxygens (including phenoxy) is 1. The van der Waals surface area contributed by atoms with Gasteiger partial charge in [-0.15, -0.1) is 0 Å². The molecule has 180 valence electrons. The first-order chi connectivity index (χ1) is 17.3. The number of hydrogen-bond acceptors (Lipinski definition) is 6. The highest BCUT2D eigenvalue weighted by Gasteiger charge is 2.75. The van der Waals surface area contributed by atoms with E-state index in [-0.39, 0.29) is 11.3 Å². The molecule has 3 aromatic carbocycles. The molecule has 7 rings (SSSR count). The molecule has 1 aliphatic heterocycles. The molecule has 3 aromatic rings.